The first kappa shape index (κ1) is 26.6. The summed E-state index contributed by atoms with van der Waals surface area (Å²) in [5.41, 5.74) is 2.62. The molecule has 6 rings (SSSR count). The Balaban J connectivity index is 1.51. The van der Waals surface area contributed by atoms with E-state index in [2.05, 4.69) is 6.58 Å². The van der Waals surface area contributed by atoms with Gasteiger partial charge in [-0.1, -0.05) is 36.1 Å². The maximum atomic E-state index is 13.7. The van der Waals surface area contributed by atoms with Gasteiger partial charge in [0.05, 0.1) is 28.4 Å². The molecule has 41 heavy (non-hydrogen) atoms. The van der Waals surface area contributed by atoms with Gasteiger partial charge in [0.2, 0.25) is 0 Å². The van der Waals surface area contributed by atoms with Crippen LogP contribution in [0.25, 0.3) is 16.0 Å². The van der Waals surface area contributed by atoms with Crippen molar-refractivity contribution in [2.75, 3.05) is 18.1 Å². The van der Waals surface area contributed by atoms with Crippen LogP contribution in [-0.2, 0) is 16.0 Å². The van der Waals surface area contributed by atoms with Crippen molar-refractivity contribution in [3.05, 3.63) is 95.6 Å². The number of carbonyl (C=O) groups is 2. The van der Waals surface area contributed by atoms with E-state index in [1.807, 2.05) is 38.1 Å². The van der Waals surface area contributed by atoms with Crippen LogP contribution in [-0.4, -0.2) is 41.1 Å². The number of carbonyl (C=O) groups excluding carboxylic acids is 2. The maximum Gasteiger partial charge on any atom is 0.301 e. The first-order valence-corrected chi connectivity index (χ1v) is 14.2. The minimum absolute atomic E-state index is 0.0166. The number of fused-ring (bicyclic) bond motifs is 2. The summed E-state index contributed by atoms with van der Waals surface area (Å²) in [7, 11) is 0. The highest BCUT2D eigenvalue weighted by atomic mass is 32.1. The number of benzene rings is 3. The van der Waals surface area contributed by atoms with Crippen LogP contribution in [0.5, 0.6) is 17.2 Å². The Morgan fingerprint density at radius 3 is 2.78 bits per heavy atom. The van der Waals surface area contributed by atoms with Crippen LogP contribution in [0.4, 0.5) is 5.13 Å². The summed E-state index contributed by atoms with van der Waals surface area (Å²) in [6, 6.07) is 17.0. The molecule has 2 atom stereocenters. The molecule has 2 unspecified atom stereocenters. The molecule has 1 fully saturated rings. The molecule has 208 valence electrons. The maximum absolute atomic E-state index is 13.7. The van der Waals surface area contributed by atoms with Crippen molar-refractivity contribution in [2.45, 2.75) is 32.4 Å². The Kier molecular flexibility index (Phi) is 6.96. The Bertz CT molecular complexity index is 1720. The van der Waals surface area contributed by atoms with E-state index in [4.69, 9.17) is 19.2 Å². The average Bonchev–Trinajstić information content (AvgIpc) is 3.63. The van der Waals surface area contributed by atoms with Gasteiger partial charge in [0, 0.05) is 12.0 Å². The standard InChI is InChI=1S/C32H28N2O6S/c1-4-13-39-22-8-6-7-19(16-22)28-27(29(35)20-9-12-25-21(15-20)14-18(3)40-25)30(36)31(37)34(28)32-33-24-11-10-23(38-5-2)17-26(24)41-32/h4,6-12,15-18,28,35H,1,5,13-14H2,2-3H3/b29-27+. The number of Topliss-reactive ketones (excluding diaryl/α,β-unsaturated/α-hetero) is 1. The second-order valence-electron chi connectivity index (χ2n) is 9.86. The number of ether oxygens (including phenoxy) is 3. The quantitative estimate of drug-likeness (QED) is 0.117. The van der Waals surface area contributed by atoms with Crippen LogP contribution >= 0.6 is 11.3 Å². The normalized spacial score (nSPS) is 19.3. The summed E-state index contributed by atoms with van der Waals surface area (Å²) in [5.74, 6) is 0.174. The van der Waals surface area contributed by atoms with Crippen LogP contribution in [0.3, 0.4) is 0 Å². The molecule has 0 spiro atoms. The molecular formula is C32H28N2O6S. The summed E-state index contributed by atoms with van der Waals surface area (Å²) in [6.07, 6.45) is 2.34. The molecule has 3 heterocycles. The van der Waals surface area contributed by atoms with E-state index in [-0.39, 0.29) is 17.4 Å². The van der Waals surface area contributed by atoms with Crippen molar-refractivity contribution >= 4 is 44.1 Å². The molecule has 4 aromatic rings. The van der Waals surface area contributed by atoms with Crippen LogP contribution < -0.4 is 19.1 Å². The Labute approximate surface area is 241 Å². The van der Waals surface area contributed by atoms with Crippen molar-refractivity contribution in [2.24, 2.45) is 0 Å². The van der Waals surface area contributed by atoms with Gasteiger partial charge < -0.3 is 19.3 Å². The van der Waals surface area contributed by atoms with Gasteiger partial charge in [-0.2, -0.15) is 0 Å². The Morgan fingerprint density at radius 2 is 1.98 bits per heavy atom. The third-order valence-electron chi connectivity index (χ3n) is 7.02. The van der Waals surface area contributed by atoms with Crippen LogP contribution in [0.15, 0.2) is 78.9 Å². The third-order valence-corrected chi connectivity index (χ3v) is 8.04. The van der Waals surface area contributed by atoms with E-state index in [1.165, 1.54) is 16.2 Å². The predicted molar refractivity (Wildman–Crippen MR) is 158 cm³/mol. The van der Waals surface area contributed by atoms with Crippen LogP contribution in [0, 0.1) is 0 Å². The van der Waals surface area contributed by atoms with Crippen LogP contribution in [0.2, 0.25) is 0 Å². The first-order valence-electron chi connectivity index (χ1n) is 13.4. The van der Waals surface area contributed by atoms with Gasteiger partial charge >= 0.3 is 5.91 Å². The van der Waals surface area contributed by atoms with Crippen molar-refractivity contribution in [3.8, 4) is 17.2 Å². The topological polar surface area (TPSA) is 98.2 Å². The number of ketones is 1. The van der Waals surface area contributed by atoms with Gasteiger partial charge in [-0.25, -0.2) is 4.98 Å². The second kappa shape index (κ2) is 10.7. The highest BCUT2D eigenvalue weighted by Gasteiger charge is 2.48. The van der Waals surface area contributed by atoms with E-state index >= 15 is 0 Å². The zero-order chi connectivity index (χ0) is 28.7. The monoisotopic (exact) mass is 568 g/mol. The molecule has 0 aliphatic carbocycles. The first-order chi connectivity index (χ1) is 19.9. The molecular weight excluding hydrogens is 540 g/mol. The predicted octanol–water partition coefficient (Wildman–Crippen LogP) is 6.21. The summed E-state index contributed by atoms with van der Waals surface area (Å²) >= 11 is 1.28. The van der Waals surface area contributed by atoms with E-state index in [9.17, 15) is 14.7 Å². The lowest BCUT2D eigenvalue weighted by Crippen LogP contribution is -2.29. The third kappa shape index (κ3) is 4.82. The second-order valence-corrected chi connectivity index (χ2v) is 10.9. The number of nitrogens with zero attached hydrogens (tertiary/aromatic N) is 2. The molecule has 0 radical (unpaired) electrons. The molecule has 8 nitrogen and oxygen atoms in total. The minimum atomic E-state index is -0.933. The van der Waals surface area contributed by atoms with Gasteiger partial charge in [0.25, 0.3) is 5.78 Å². The molecule has 1 aromatic heterocycles. The summed E-state index contributed by atoms with van der Waals surface area (Å²) < 4.78 is 18.0. The summed E-state index contributed by atoms with van der Waals surface area (Å²) in [5, 5.41) is 12.0. The highest BCUT2D eigenvalue weighted by molar-refractivity contribution is 7.22. The molecule has 2 aliphatic heterocycles. The summed E-state index contributed by atoms with van der Waals surface area (Å²) in [4.78, 5) is 33.4. The van der Waals surface area contributed by atoms with Crippen molar-refractivity contribution in [1.29, 1.82) is 0 Å². The lowest BCUT2D eigenvalue weighted by Gasteiger charge is -2.23. The number of rotatable bonds is 8. The lowest BCUT2D eigenvalue weighted by atomic mass is 9.94. The number of anilines is 1. The fraction of sp³-hybridized carbons (Fsp3) is 0.219. The van der Waals surface area contributed by atoms with Gasteiger partial charge in [-0.05, 0) is 73.5 Å². The van der Waals surface area contributed by atoms with Crippen LogP contribution in [0.1, 0.15) is 36.6 Å². The largest absolute Gasteiger partial charge is 0.507 e. The molecule has 1 amide bonds. The van der Waals surface area contributed by atoms with Crippen molar-refractivity contribution in [3.63, 3.8) is 0 Å². The van der Waals surface area contributed by atoms with E-state index in [0.717, 1.165) is 16.0 Å². The molecule has 0 saturated carbocycles. The molecule has 3 aromatic carbocycles. The fourth-order valence-corrected chi connectivity index (χ4v) is 6.27. The molecule has 1 saturated heterocycles. The number of hydrogen-bond donors (Lipinski definition) is 1. The fourth-order valence-electron chi connectivity index (χ4n) is 5.25. The van der Waals surface area contributed by atoms with E-state index in [0.29, 0.717) is 52.9 Å². The Hall–Kier alpha value is -4.63. The average molecular weight is 569 g/mol. The van der Waals surface area contributed by atoms with Gasteiger partial charge in [-0.3, -0.25) is 14.5 Å². The lowest BCUT2D eigenvalue weighted by molar-refractivity contribution is -0.132. The summed E-state index contributed by atoms with van der Waals surface area (Å²) in [6.45, 7) is 8.38. The number of aliphatic hydroxyl groups excluding tert-OH is 1. The highest BCUT2D eigenvalue weighted by Crippen LogP contribution is 2.45. The Morgan fingerprint density at radius 1 is 1.15 bits per heavy atom. The zero-order valence-electron chi connectivity index (χ0n) is 22.6. The minimum Gasteiger partial charge on any atom is -0.507 e. The molecule has 2 aliphatic rings. The number of amides is 1. The van der Waals surface area contributed by atoms with Crippen molar-refractivity contribution in [1.82, 2.24) is 4.98 Å². The molecule has 9 heteroatoms. The smallest absolute Gasteiger partial charge is 0.301 e. The number of aliphatic hydroxyl groups is 1. The van der Waals surface area contributed by atoms with Gasteiger partial charge in [0.1, 0.15) is 35.7 Å². The van der Waals surface area contributed by atoms with E-state index < -0.39 is 17.7 Å². The molecule has 0 bridgehead atoms. The van der Waals surface area contributed by atoms with Gasteiger partial charge in [0.15, 0.2) is 5.13 Å². The number of thiazole rings is 1. The zero-order valence-corrected chi connectivity index (χ0v) is 23.4. The molecule has 1 N–H and O–H groups in total. The SMILES string of the molecule is C=CCOc1cccc(C2/C(=C(\O)c3ccc4c(c3)CC(C)O4)C(=O)C(=O)N2c2nc3ccc(OCC)cc3s2)c1. The van der Waals surface area contributed by atoms with Gasteiger partial charge in [-0.15, -0.1) is 0 Å². The van der Waals surface area contributed by atoms with Crippen molar-refractivity contribution < 1.29 is 28.9 Å². The number of hydrogen-bond acceptors (Lipinski definition) is 8. The van der Waals surface area contributed by atoms with E-state index in [1.54, 1.807) is 42.5 Å². The number of aromatic nitrogens is 1.